The number of benzene rings is 1. The molecule has 1 fully saturated rings. The smallest absolute Gasteiger partial charge is 0.167 e. The number of nitrogens with two attached hydrogens (primary N) is 1. The summed E-state index contributed by atoms with van der Waals surface area (Å²) in [6.45, 7) is 2.40. The number of sulfone groups is 1. The highest BCUT2D eigenvalue weighted by atomic mass is 79.9. The summed E-state index contributed by atoms with van der Waals surface area (Å²) in [5.74, 6) is 0.793. The third kappa shape index (κ3) is 3.41. The van der Waals surface area contributed by atoms with Gasteiger partial charge in [0, 0.05) is 41.9 Å². The van der Waals surface area contributed by atoms with E-state index in [1.165, 1.54) is 10.6 Å². The standard InChI is InChI=1S/C20H18BrFN6O2S/c1-11-6-12-7-13(9-24-16(12)8-15(11)22)14-10-25-28-18(23)17(21)20(26-19(14)28)27-2-4-31(29,30)5-3-27/h6-10H,2-5,23H2,1H3. The van der Waals surface area contributed by atoms with Crippen LogP contribution in [0.2, 0.25) is 0 Å². The van der Waals surface area contributed by atoms with Gasteiger partial charge in [-0.1, -0.05) is 0 Å². The van der Waals surface area contributed by atoms with Crippen molar-refractivity contribution in [2.75, 3.05) is 35.2 Å². The van der Waals surface area contributed by atoms with E-state index in [0.717, 1.165) is 16.5 Å². The number of nitrogen functional groups attached to an aromatic ring is 1. The van der Waals surface area contributed by atoms with Crippen LogP contribution in [0.15, 0.2) is 35.1 Å². The van der Waals surface area contributed by atoms with Crippen molar-refractivity contribution in [3.63, 3.8) is 0 Å². The molecule has 160 valence electrons. The lowest BCUT2D eigenvalue weighted by atomic mass is 10.1. The second-order valence-corrected chi connectivity index (χ2v) is 10.7. The van der Waals surface area contributed by atoms with Gasteiger partial charge >= 0.3 is 0 Å². The predicted molar refractivity (Wildman–Crippen MR) is 121 cm³/mol. The third-order valence-corrected chi connectivity index (χ3v) is 7.89. The molecule has 4 heterocycles. The second kappa shape index (κ2) is 7.13. The topological polar surface area (TPSA) is 106 Å². The van der Waals surface area contributed by atoms with E-state index in [4.69, 9.17) is 10.7 Å². The van der Waals surface area contributed by atoms with Gasteiger partial charge < -0.3 is 10.6 Å². The van der Waals surface area contributed by atoms with Crippen molar-refractivity contribution < 1.29 is 12.8 Å². The van der Waals surface area contributed by atoms with Crippen LogP contribution in [0.5, 0.6) is 0 Å². The number of aromatic nitrogens is 4. The van der Waals surface area contributed by atoms with E-state index >= 15 is 0 Å². The molecular formula is C20H18BrFN6O2S. The molecule has 4 aromatic rings. The Balaban J connectivity index is 1.64. The van der Waals surface area contributed by atoms with Crippen LogP contribution in [0.25, 0.3) is 27.7 Å². The summed E-state index contributed by atoms with van der Waals surface area (Å²) < 4.78 is 39.6. The van der Waals surface area contributed by atoms with Gasteiger partial charge in [0.05, 0.1) is 23.2 Å². The number of aryl methyl sites for hydroxylation is 1. The normalized spacial score (nSPS) is 16.3. The Labute approximate surface area is 185 Å². The number of nitrogens with zero attached hydrogens (tertiary/aromatic N) is 5. The highest BCUT2D eigenvalue weighted by molar-refractivity contribution is 9.10. The monoisotopic (exact) mass is 504 g/mol. The van der Waals surface area contributed by atoms with Gasteiger partial charge in [-0.2, -0.15) is 9.61 Å². The van der Waals surface area contributed by atoms with E-state index in [0.29, 0.717) is 45.9 Å². The molecule has 0 unspecified atom stereocenters. The Bertz CT molecular complexity index is 1460. The second-order valence-electron chi connectivity index (χ2n) is 7.59. The Morgan fingerprint density at radius 3 is 2.65 bits per heavy atom. The lowest BCUT2D eigenvalue weighted by molar-refractivity contribution is 0.586. The van der Waals surface area contributed by atoms with Crippen molar-refractivity contribution in [2.24, 2.45) is 0 Å². The lowest BCUT2D eigenvalue weighted by Gasteiger charge is -2.28. The molecule has 1 aliphatic heterocycles. The molecule has 1 aliphatic rings. The lowest BCUT2D eigenvalue weighted by Crippen LogP contribution is -2.41. The zero-order valence-electron chi connectivity index (χ0n) is 16.5. The molecule has 8 nitrogen and oxygen atoms in total. The zero-order valence-corrected chi connectivity index (χ0v) is 18.9. The highest BCUT2D eigenvalue weighted by Gasteiger charge is 2.26. The Morgan fingerprint density at radius 2 is 1.90 bits per heavy atom. The van der Waals surface area contributed by atoms with E-state index in [1.807, 2.05) is 11.0 Å². The fraction of sp³-hybridized carbons (Fsp3) is 0.250. The first-order chi connectivity index (χ1) is 14.7. The predicted octanol–water partition coefficient (Wildman–Crippen LogP) is 2.97. The molecule has 0 bridgehead atoms. The third-order valence-electron chi connectivity index (χ3n) is 5.52. The average molecular weight is 505 g/mol. The maximum atomic E-state index is 13.9. The van der Waals surface area contributed by atoms with Gasteiger partial charge in [0.15, 0.2) is 15.5 Å². The molecular weight excluding hydrogens is 487 g/mol. The van der Waals surface area contributed by atoms with Crippen molar-refractivity contribution in [2.45, 2.75) is 6.92 Å². The van der Waals surface area contributed by atoms with E-state index in [1.54, 1.807) is 25.4 Å². The highest BCUT2D eigenvalue weighted by Crippen LogP contribution is 2.35. The van der Waals surface area contributed by atoms with Gasteiger partial charge in [-0.05, 0) is 40.5 Å². The molecule has 0 aliphatic carbocycles. The number of rotatable bonds is 2. The molecule has 3 aromatic heterocycles. The van der Waals surface area contributed by atoms with Crippen molar-refractivity contribution in [1.29, 1.82) is 0 Å². The largest absolute Gasteiger partial charge is 0.383 e. The summed E-state index contributed by atoms with van der Waals surface area (Å²) >= 11 is 3.49. The molecule has 0 saturated carbocycles. The minimum atomic E-state index is -3.03. The summed E-state index contributed by atoms with van der Waals surface area (Å²) in [6, 6.07) is 5.09. The molecule has 0 radical (unpaired) electrons. The molecule has 5 rings (SSSR count). The van der Waals surface area contributed by atoms with E-state index in [2.05, 4.69) is 26.0 Å². The number of hydrogen-bond acceptors (Lipinski definition) is 7. The summed E-state index contributed by atoms with van der Waals surface area (Å²) in [7, 11) is -3.03. The number of hydrogen-bond donors (Lipinski definition) is 1. The SMILES string of the molecule is Cc1cc2cc(-c3cnn4c(N)c(Br)c(N5CCS(=O)(=O)CC5)nc34)cnc2cc1F. The Morgan fingerprint density at radius 1 is 1.16 bits per heavy atom. The van der Waals surface area contributed by atoms with Crippen LogP contribution in [-0.4, -0.2) is 52.6 Å². The van der Waals surface area contributed by atoms with Crippen LogP contribution in [0.3, 0.4) is 0 Å². The Hall–Kier alpha value is -2.79. The van der Waals surface area contributed by atoms with Crippen molar-refractivity contribution in [1.82, 2.24) is 19.6 Å². The van der Waals surface area contributed by atoms with Gasteiger partial charge in [0.1, 0.15) is 21.9 Å². The number of halogens is 2. The average Bonchev–Trinajstić information content (AvgIpc) is 3.15. The van der Waals surface area contributed by atoms with Gasteiger partial charge in [0.25, 0.3) is 0 Å². The molecule has 1 saturated heterocycles. The summed E-state index contributed by atoms with van der Waals surface area (Å²) in [5.41, 5.74) is 9.44. The summed E-state index contributed by atoms with van der Waals surface area (Å²) in [6.07, 6.45) is 3.32. The van der Waals surface area contributed by atoms with Crippen LogP contribution in [0, 0.1) is 12.7 Å². The molecule has 0 spiro atoms. The number of pyridine rings is 1. The molecule has 0 amide bonds. The van der Waals surface area contributed by atoms with Crippen LogP contribution in [0.1, 0.15) is 5.56 Å². The minimum absolute atomic E-state index is 0.0723. The van der Waals surface area contributed by atoms with Gasteiger partial charge in [-0.15, -0.1) is 0 Å². The number of fused-ring (bicyclic) bond motifs is 2. The number of anilines is 2. The molecule has 2 N–H and O–H groups in total. The van der Waals surface area contributed by atoms with Crippen LogP contribution in [0.4, 0.5) is 16.0 Å². The van der Waals surface area contributed by atoms with E-state index < -0.39 is 9.84 Å². The molecule has 31 heavy (non-hydrogen) atoms. The first-order valence-electron chi connectivity index (χ1n) is 9.58. The maximum absolute atomic E-state index is 13.9. The maximum Gasteiger partial charge on any atom is 0.167 e. The van der Waals surface area contributed by atoms with Gasteiger partial charge in [0.2, 0.25) is 0 Å². The minimum Gasteiger partial charge on any atom is -0.383 e. The molecule has 0 atom stereocenters. The van der Waals surface area contributed by atoms with Gasteiger partial charge in [-0.3, -0.25) is 4.98 Å². The van der Waals surface area contributed by atoms with Crippen LogP contribution < -0.4 is 10.6 Å². The fourth-order valence-corrected chi connectivity index (χ4v) is 5.44. The van der Waals surface area contributed by atoms with Crippen molar-refractivity contribution in [3.8, 4) is 11.1 Å². The molecule has 11 heteroatoms. The van der Waals surface area contributed by atoms with Crippen LogP contribution in [-0.2, 0) is 9.84 Å². The van der Waals surface area contributed by atoms with Crippen molar-refractivity contribution >= 4 is 54.0 Å². The van der Waals surface area contributed by atoms with Crippen LogP contribution >= 0.6 is 15.9 Å². The van der Waals surface area contributed by atoms with E-state index in [9.17, 15) is 12.8 Å². The first-order valence-corrected chi connectivity index (χ1v) is 12.2. The molecule has 1 aromatic carbocycles. The quantitative estimate of drug-likeness (QED) is 0.447. The van der Waals surface area contributed by atoms with E-state index in [-0.39, 0.29) is 17.3 Å². The zero-order chi connectivity index (χ0) is 21.9. The van der Waals surface area contributed by atoms with Crippen molar-refractivity contribution in [3.05, 3.63) is 46.4 Å². The summed E-state index contributed by atoms with van der Waals surface area (Å²) in [4.78, 5) is 11.1. The summed E-state index contributed by atoms with van der Waals surface area (Å²) in [5, 5.41) is 5.18. The Kier molecular flexibility index (Phi) is 4.63. The van der Waals surface area contributed by atoms with Gasteiger partial charge in [-0.25, -0.2) is 17.8 Å². The first kappa shape index (κ1) is 20.1. The fourth-order valence-electron chi connectivity index (χ4n) is 3.73.